The number of aldehydes is 1. The molecule has 0 aromatic heterocycles. The largest absolute Gasteiger partial charge is 0.302 e. The predicted octanol–water partition coefficient (Wildman–Crippen LogP) is 2.63. The van der Waals surface area contributed by atoms with Gasteiger partial charge in [0.15, 0.2) is 0 Å². The molecule has 0 heterocycles. The molecule has 0 spiro atoms. The van der Waals surface area contributed by atoms with Crippen LogP contribution in [0.3, 0.4) is 0 Å². The van der Waals surface area contributed by atoms with Crippen molar-refractivity contribution in [2.75, 3.05) is 0 Å². The fraction of sp³-hybridized carbons (Fsp3) is 0.222. The van der Waals surface area contributed by atoms with Crippen LogP contribution in [0.1, 0.15) is 16.0 Å². The maximum Gasteiger partial charge on any atom is 0.138 e. The van der Waals surface area contributed by atoms with Gasteiger partial charge in [0.2, 0.25) is 0 Å². The van der Waals surface area contributed by atoms with E-state index in [1.807, 2.05) is 31.2 Å². The van der Waals surface area contributed by atoms with Gasteiger partial charge in [-0.1, -0.05) is 40.2 Å². The van der Waals surface area contributed by atoms with E-state index in [9.17, 15) is 4.79 Å². The molecule has 1 rings (SSSR count). The van der Waals surface area contributed by atoms with Crippen molar-refractivity contribution in [2.45, 2.75) is 11.8 Å². The normalized spacial score (nSPS) is 12.5. The first-order valence-electron chi connectivity index (χ1n) is 3.40. The number of hydrogen-bond acceptors (Lipinski definition) is 1. The van der Waals surface area contributed by atoms with Crippen LogP contribution in [0.2, 0.25) is 0 Å². The molecule has 11 heavy (non-hydrogen) atoms. The maximum absolute atomic E-state index is 10.4. The van der Waals surface area contributed by atoms with Crippen molar-refractivity contribution in [3.05, 3.63) is 35.4 Å². The zero-order valence-corrected chi connectivity index (χ0v) is 7.84. The van der Waals surface area contributed by atoms with Crippen LogP contribution in [-0.4, -0.2) is 6.29 Å². The van der Waals surface area contributed by atoms with Gasteiger partial charge >= 0.3 is 0 Å². The quantitative estimate of drug-likeness (QED) is 0.545. The summed E-state index contributed by atoms with van der Waals surface area (Å²) in [5.74, 6) is 0. The second-order valence-corrected chi connectivity index (χ2v) is 3.38. The highest BCUT2D eigenvalue weighted by molar-refractivity contribution is 9.09. The topological polar surface area (TPSA) is 17.1 Å². The van der Waals surface area contributed by atoms with Crippen molar-refractivity contribution in [1.29, 1.82) is 0 Å². The summed E-state index contributed by atoms with van der Waals surface area (Å²) in [7, 11) is 0. The molecule has 1 nitrogen and oxygen atoms in total. The van der Waals surface area contributed by atoms with E-state index < -0.39 is 0 Å². The summed E-state index contributed by atoms with van der Waals surface area (Å²) < 4.78 is 0. The van der Waals surface area contributed by atoms with Crippen LogP contribution >= 0.6 is 15.9 Å². The lowest BCUT2D eigenvalue weighted by Crippen LogP contribution is -1.92. The van der Waals surface area contributed by atoms with Crippen LogP contribution in [0.15, 0.2) is 24.3 Å². The summed E-state index contributed by atoms with van der Waals surface area (Å²) in [4.78, 5) is 10.2. The van der Waals surface area contributed by atoms with Crippen molar-refractivity contribution >= 4 is 22.2 Å². The number of carbonyl (C=O) groups excluding carboxylic acids is 1. The third-order valence-corrected chi connectivity index (χ3v) is 2.31. The van der Waals surface area contributed by atoms with E-state index in [-0.39, 0.29) is 4.83 Å². The zero-order chi connectivity index (χ0) is 8.27. The number of rotatable bonds is 2. The molecule has 0 saturated heterocycles. The van der Waals surface area contributed by atoms with Crippen LogP contribution in [0.4, 0.5) is 0 Å². The van der Waals surface area contributed by atoms with E-state index in [2.05, 4.69) is 15.9 Å². The molecule has 0 aliphatic carbocycles. The molecule has 1 atom stereocenters. The predicted molar refractivity (Wildman–Crippen MR) is 48.9 cm³/mol. The summed E-state index contributed by atoms with van der Waals surface area (Å²) in [6.07, 6.45) is 0.891. The third kappa shape index (κ3) is 1.90. The first-order valence-corrected chi connectivity index (χ1v) is 4.32. The van der Waals surface area contributed by atoms with E-state index in [0.717, 1.165) is 17.4 Å². The number of halogens is 1. The van der Waals surface area contributed by atoms with Crippen LogP contribution in [0.5, 0.6) is 0 Å². The maximum atomic E-state index is 10.4. The van der Waals surface area contributed by atoms with E-state index in [1.165, 1.54) is 0 Å². The number of alkyl halides is 1. The highest BCUT2D eigenvalue weighted by Crippen LogP contribution is 2.22. The van der Waals surface area contributed by atoms with Gasteiger partial charge in [0, 0.05) is 0 Å². The summed E-state index contributed by atoms with van der Waals surface area (Å²) in [5.41, 5.74) is 2.18. The standard InChI is InChI=1S/C9H9BrO/c1-7-4-2-3-5-8(7)9(10)6-11/h2-6,9H,1H3. The number of benzene rings is 1. The van der Waals surface area contributed by atoms with Gasteiger partial charge in [-0.3, -0.25) is 0 Å². The summed E-state index contributed by atoms with van der Waals surface area (Å²) in [6, 6.07) is 7.83. The first-order chi connectivity index (χ1) is 5.25. The Morgan fingerprint density at radius 1 is 1.45 bits per heavy atom. The minimum Gasteiger partial charge on any atom is -0.302 e. The molecule has 0 radical (unpaired) electrons. The summed E-state index contributed by atoms with van der Waals surface area (Å²) >= 11 is 3.27. The molecule has 0 aliphatic rings. The monoisotopic (exact) mass is 212 g/mol. The Hall–Kier alpha value is -0.630. The van der Waals surface area contributed by atoms with E-state index in [1.54, 1.807) is 0 Å². The molecular formula is C9H9BrO. The van der Waals surface area contributed by atoms with Crippen molar-refractivity contribution < 1.29 is 4.79 Å². The van der Waals surface area contributed by atoms with Gasteiger partial charge in [0.05, 0.1) is 4.83 Å². The van der Waals surface area contributed by atoms with Crippen molar-refractivity contribution in [1.82, 2.24) is 0 Å². The van der Waals surface area contributed by atoms with E-state index in [0.29, 0.717) is 0 Å². The molecule has 1 unspecified atom stereocenters. The fourth-order valence-electron chi connectivity index (χ4n) is 0.970. The van der Waals surface area contributed by atoms with Crippen LogP contribution in [0.25, 0.3) is 0 Å². The van der Waals surface area contributed by atoms with Crippen LogP contribution < -0.4 is 0 Å². The summed E-state index contributed by atoms with van der Waals surface area (Å²) in [5, 5.41) is 0. The Morgan fingerprint density at radius 3 is 2.64 bits per heavy atom. The molecule has 1 aromatic rings. The highest BCUT2D eigenvalue weighted by atomic mass is 79.9. The number of hydrogen-bond donors (Lipinski definition) is 0. The van der Waals surface area contributed by atoms with E-state index >= 15 is 0 Å². The Kier molecular flexibility index (Phi) is 2.83. The minimum atomic E-state index is -0.163. The molecule has 1 aromatic carbocycles. The lowest BCUT2D eigenvalue weighted by Gasteiger charge is -2.04. The van der Waals surface area contributed by atoms with Gasteiger partial charge in [0.1, 0.15) is 6.29 Å². The zero-order valence-electron chi connectivity index (χ0n) is 6.25. The molecule has 0 aliphatic heterocycles. The average Bonchev–Trinajstić information content (AvgIpc) is 2.04. The molecule has 0 saturated carbocycles. The van der Waals surface area contributed by atoms with Gasteiger partial charge < -0.3 is 4.79 Å². The molecule has 0 amide bonds. The smallest absolute Gasteiger partial charge is 0.138 e. The van der Waals surface area contributed by atoms with Crippen LogP contribution in [-0.2, 0) is 4.79 Å². The Balaban J connectivity index is 3.02. The Morgan fingerprint density at radius 2 is 2.09 bits per heavy atom. The third-order valence-electron chi connectivity index (χ3n) is 1.61. The SMILES string of the molecule is Cc1ccccc1C(Br)C=O. The second-order valence-electron chi connectivity index (χ2n) is 2.39. The summed E-state index contributed by atoms with van der Waals surface area (Å²) in [6.45, 7) is 1.99. The van der Waals surface area contributed by atoms with Crippen molar-refractivity contribution in [2.24, 2.45) is 0 Å². The van der Waals surface area contributed by atoms with Gasteiger partial charge in [-0.15, -0.1) is 0 Å². The lowest BCUT2D eigenvalue weighted by atomic mass is 10.1. The second kappa shape index (κ2) is 3.67. The van der Waals surface area contributed by atoms with Gasteiger partial charge in [-0.05, 0) is 18.1 Å². The molecule has 0 bridgehead atoms. The van der Waals surface area contributed by atoms with Gasteiger partial charge in [-0.2, -0.15) is 0 Å². The van der Waals surface area contributed by atoms with Gasteiger partial charge in [-0.25, -0.2) is 0 Å². The lowest BCUT2D eigenvalue weighted by molar-refractivity contribution is -0.107. The molecule has 0 fully saturated rings. The average molecular weight is 213 g/mol. The van der Waals surface area contributed by atoms with Gasteiger partial charge in [0.25, 0.3) is 0 Å². The fourth-order valence-corrected chi connectivity index (χ4v) is 1.48. The first kappa shape index (κ1) is 8.47. The Labute approximate surface area is 74.6 Å². The number of carbonyl (C=O) groups is 1. The minimum absolute atomic E-state index is 0.163. The molecule has 0 N–H and O–H groups in total. The molecule has 2 heteroatoms. The molecular weight excluding hydrogens is 204 g/mol. The highest BCUT2D eigenvalue weighted by Gasteiger charge is 2.06. The Bertz CT molecular complexity index is 257. The van der Waals surface area contributed by atoms with Crippen LogP contribution in [0, 0.1) is 6.92 Å². The van der Waals surface area contributed by atoms with Crippen molar-refractivity contribution in [3.63, 3.8) is 0 Å². The van der Waals surface area contributed by atoms with E-state index in [4.69, 9.17) is 0 Å². The van der Waals surface area contributed by atoms with Crippen molar-refractivity contribution in [3.8, 4) is 0 Å². The number of aryl methyl sites for hydroxylation is 1. The molecule has 58 valence electrons.